The third-order valence-electron chi connectivity index (χ3n) is 2.27. The van der Waals surface area contributed by atoms with E-state index >= 15 is 0 Å². The summed E-state index contributed by atoms with van der Waals surface area (Å²) in [5.41, 5.74) is 6.94. The summed E-state index contributed by atoms with van der Waals surface area (Å²) in [6, 6.07) is 8.36. The van der Waals surface area contributed by atoms with Crippen molar-refractivity contribution in [3.8, 4) is 0 Å². The fraction of sp³-hybridized carbons (Fsp3) is 0.455. The zero-order valence-corrected chi connectivity index (χ0v) is 9.55. The maximum atomic E-state index is 5.56. The lowest BCUT2D eigenvalue weighted by molar-refractivity contribution is 0.544. The Kier molecular flexibility index (Phi) is 4.46. The molecule has 1 aromatic rings. The third-order valence-corrected chi connectivity index (χ3v) is 3.04. The van der Waals surface area contributed by atoms with E-state index in [4.69, 9.17) is 5.73 Å². The van der Waals surface area contributed by atoms with Crippen LogP contribution in [0.4, 0.5) is 0 Å². The maximum absolute atomic E-state index is 5.56. The van der Waals surface area contributed by atoms with E-state index in [0.717, 1.165) is 13.0 Å². The summed E-state index contributed by atoms with van der Waals surface area (Å²) in [5, 5.41) is 0. The maximum Gasteiger partial charge on any atom is 0.0207 e. The van der Waals surface area contributed by atoms with E-state index in [-0.39, 0.29) is 0 Å². The number of hydrogen-bond donors (Lipinski definition) is 1. The second-order valence-electron chi connectivity index (χ2n) is 3.47. The predicted molar refractivity (Wildman–Crippen MR) is 60.7 cm³/mol. The minimum Gasteiger partial charge on any atom is -0.330 e. The van der Waals surface area contributed by atoms with E-state index in [1.54, 1.807) is 0 Å². The number of benzene rings is 1. The van der Waals surface area contributed by atoms with Gasteiger partial charge in [0.05, 0.1) is 0 Å². The Morgan fingerprint density at radius 2 is 2.08 bits per heavy atom. The molecule has 0 aromatic heterocycles. The predicted octanol–water partition coefficient (Wildman–Crippen LogP) is 2.98. The van der Waals surface area contributed by atoms with Crippen molar-refractivity contribution in [2.24, 2.45) is 11.7 Å². The van der Waals surface area contributed by atoms with Crippen molar-refractivity contribution in [3.05, 3.63) is 34.3 Å². The summed E-state index contributed by atoms with van der Waals surface area (Å²) in [7, 11) is 0. The molecular formula is C11H16BrN. The number of nitrogens with two attached hydrogens (primary N) is 1. The molecule has 2 heteroatoms. The Labute approximate surface area is 88.5 Å². The smallest absolute Gasteiger partial charge is 0.0207 e. The van der Waals surface area contributed by atoms with Crippen LogP contribution in [0.3, 0.4) is 0 Å². The minimum absolute atomic E-state index is 0.618. The molecule has 0 amide bonds. The fourth-order valence-electron chi connectivity index (χ4n) is 1.22. The highest BCUT2D eigenvalue weighted by atomic mass is 79.9. The molecule has 2 N–H and O–H groups in total. The summed E-state index contributed by atoms with van der Waals surface area (Å²) < 4.78 is 1.21. The highest BCUT2D eigenvalue weighted by Gasteiger charge is 2.02. The van der Waals surface area contributed by atoms with Gasteiger partial charge in [0.1, 0.15) is 0 Å². The van der Waals surface area contributed by atoms with Crippen molar-refractivity contribution in [2.45, 2.75) is 19.8 Å². The van der Waals surface area contributed by atoms with E-state index in [9.17, 15) is 0 Å². The van der Waals surface area contributed by atoms with Crippen molar-refractivity contribution < 1.29 is 0 Å². The first kappa shape index (κ1) is 10.7. The average molecular weight is 242 g/mol. The Morgan fingerprint density at radius 1 is 1.38 bits per heavy atom. The van der Waals surface area contributed by atoms with Gasteiger partial charge < -0.3 is 5.73 Å². The van der Waals surface area contributed by atoms with Gasteiger partial charge in [-0.2, -0.15) is 0 Å². The number of halogens is 1. The molecule has 0 aliphatic carbocycles. The van der Waals surface area contributed by atoms with Gasteiger partial charge in [-0.15, -0.1) is 0 Å². The molecule has 0 aliphatic rings. The first-order valence-electron chi connectivity index (χ1n) is 4.67. The van der Waals surface area contributed by atoms with Gasteiger partial charge in [0.15, 0.2) is 0 Å². The van der Waals surface area contributed by atoms with E-state index in [2.05, 4.69) is 41.1 Å². The molecule has 0 saturated carbocycles. The molecule has 13 heavy (non-hydrogen) atoms. The van der Waals surface area contributed by atoms with Crippen LogP contribution in [0.1, 0.15) is 18.9 Å². The van der Waals surface area contributed by atoms with Gasteiger partial charge >= 0.3 is 0 Å². The standard InChI is InChI=1S/C11H16BrN/c1-9(8-13)6-7-10-4-2-3-5-11(10)12/h2-5,9H,6-8,13H2,1H3. The summed E-state index contributed by atoms with van der Waals surface area (Å²) >= 11 is 3.54. The lowest BCUT2D eigenvalue weighted by Crippen LogP contribution is -2.11. The van der Waals surface area contributed by atoms with Crippen molar-refractivity contribution in [2.75, 3.05) is 6.54 Å². The van der Waals surface area contributed by atoms with E-state index in [1.165, 1.54) is 16.5 Å². The number of hydrogen-bond acceptors (Lipinski definition) is 1. The minimum atomic E-state index is 0.618. The monoisotopic (exact) mass is 241 g/mol. The van der Waals surface area contributed by atoms with Crippen LogP contribution >= 0.6 is 15.9 Å². The molecule has 0 bridgehead atoms. The normalized spacial score (nSPS) is 12.8. The van der Waals surface area contributed by atoms with Crippen molar-refractivity contribution in [1.82, 2.24) is 0 Å². The fourth-order valence-corrected chi connectivity index (χ4v) is 1.70. The zero-order valence-electron chi connectivity index (χ0n) is 7.96. The molecule has 1 rings (SSSR count). The van der Waals surface area contributed by atoms with Gasteiger partial charge in [-0.05, 0) is 36.9 Å². The second-order valence-corrected chi connectivity index (χ2v) is 4.33. The summed E-state index contributed by atoms with van der Waals surface area (Å²) in [4.78, 5) is 0. The second kappa shape index (κ2) is 5.40. The SMILES string of the molecule is CC(CN)CCc1ccccc1Br. The molecule has 1 atom stereocenters. The van der Waals surface area contributed by atoms with Crippen LogP contribution < -0.4 is 5.73 Å². The van der Waals surface area contributed by atoms with Crippen LogP contribution in [0.15, 0.2) is 28.7 Å². The first-order valence-corrected chi connectivity index (χ1v) is 5.46. The zero-order chi connectivity index (χ0) is 9.68. The molecule has 1 aromatic carbocycles. The van der Waals surface area contributed by atoms with E-state index in [1.807, 2.05) is 6.07 Å². The van der Waals surface area contributed by atoms with Crippen molar-refractivity contribution in [3.63, 3.8) is 0 Å². The molecule has 0 aliphatic heterocycles. The molecule has 1 unspecified atom stereocenters. The average Bonchev–Trinajstić information content (AvgIpc) is 2.16. The van der Waals surface area contributed by atoms with Crippen molar-refractivity contribution >= 4 is 15.9 Å². The highest BCUT2D eigenvalue weighted by Crippen LogP contribution is 2.18. The highest BCUT2D eigenvalue weighted by molar-refractivity contribution is 9.10. The van der Waals surface area contributed by atoms with Crippen LogP contribution in [-0.2, 0) is 6.42 Å². The molecule has 72 valence electrons. The molecule has 1 nitrogen and oxygen atoms in total. The van der Waals surface area contributed by atoms with Crippen molar-refractivity contribution in [1.29, 1.82) is 0 Å². The van der Waals surface area contributed by atoms with Crippen LogP contribution in [0, 0.1) is 5.92 Å². The van der Waals surface area contributed by atoms with Gasteiger partial charge in [-0.1, -0.05) is 41.1 Å². The van der Waals surface area contributed by atoms with Crippen LogP contribution in [0.25, 0.3) is 0 Å². The van der Waals surface area contributed by atoms with E-state index < -0.39 is 0 Å². The Morgan fingerprint density at radius 3 is 2.69 bits per heavy atom. The summed E-state index contributed by atoms with van der Waals surface area (Å²) in [6.45, 7) is 2.97. The third kappa shape index (κ3) is 3.49. The molecule has 0 saturated heterocycles. The largest absolute Gasteiger partial charge is 0.330 e. The topological polar surface area (TPSA) is 26.0 Å². The molecule has 0 fully saturated rings. The summed E-state index contributed by atoms with van der Waals surface area (Å²) in [5.74, 6) is 0.618. The number of aryl methyl sites for hydroxylation is 1. The quantitative estimate of drug-likeness (QED) is 0.862. The summed E-state index contributed by atoms with van der Waals surface area (Å²) in [6.07, 6.45) is 2.28. The van der Waals surface area contributed by atoms with Gasteiger partial charge in [0, 0.05) is 4.47 Å². The van der Waals surface area contributed by atoms with Gasteiger partial charge in [0.25, 0.3) is 0 Å². The first-order chi connectivity index (χ1) is 6.24. The Bertz CT molecular complexity index is 260. The lowest BCUT2D eigenvalue weighted by atomic mass is 10.0. The lowest BCUT2D eigenvalue weighted by Gasteiger charge is -2.08. The Hall–Kier alpha value is -0.340. The van der Waals surface area contributed by atoms with Crippen LogP contribution in [0.5, 0.6) is 0 Å². The van der Waals surface area contributed by atoms with E-state index in [0.29, 0.717) is 5.92 Å². The van der Waals surface area contributed by atoms with Crippen LogP contribution in [0.2, 0.25) is 0 Å². The number of rotatable bonds is 4. The molecular weight excluding hydrogens is 226 g/mol. The molecule has 0 spiro atoms. The Balaban J connectivity index is 2.50. The van der Waals surface area contributed by atoms with Gasteiger partial charge in [-0.3, -0.25) is 0 Å². The van der Waals surface area contributed by atoms with Gasteiger partial charge in [-0.25, -0.2) is 0 Å². The molecule has 0 radical (unpaired) electrons. The molecule has 0 heterocycles. The van der Waals surface area contributed by atoms with Gasteiger partial charge in [0.2, 0.25) is 0 Å². The van der Waals surface area contributed by atoms with Crippen LogP contribution in [-0.4, -0.2) is 6.54 Å².